The standard InChI is InChI=1S/C21H23N5O3/c1-4-18-20(13(2)25-29-18)16-7-5-6-15(24-16)19-12-26(10-11-28-19)21(27)17-8-9-22-14(3)23-17/h5-9,19H,4,10-12H2,1-3H3/t19-/m0/s1. The SMILES string of the molecule is CCc1onc(C)c1-c1cccc([C@@H]2CN(C(=O)c3ccnc(C)n3)CCO2)n1. The summed E-state index contributed by atoms with van der Waals surface area (Å²) in [5.74, 6) is 1.27. The minimum Gasteiger partial charge on any atom is -0.368 e. The van der Waals surface area contributed by atoms with Crippen LogP contribution < -0.4 is 0 Å². The van der Waals surface area contributed by atoms with Crippen molar-refractivity contribution in [3.63, 3.8) is 0 Å². The first kappa shape index (κ1) is 19.2. The fourth-order valence-corrected chi connectivity index (χ4v) is 3.51. The number of aromatic nitrogens is 4. The molecule has 1 atom stereocenters. The fraction of sp³-hybridized carbons (Fsp3) is 0.381. The van der Waals surface area contributed by atoms with Crippen LogP contribution in [0.25, 0.3) is 11.3 Å². The number of carbonyl (C=O) groups excluding carboxylic acids is 1. The van der Waals surface area contributed by atoms with Gasteiger partial charge in [-0.15, -0.1) is 0 Å². The summed E-state index contributed by atoms with van der Waals surface area (Å²) in [4.78, 5) is 27.7. The van der Waals surface area contributed by atoms with Gasteiger partial charge in [-0.1, -0.05) is 18.1 Å². The van der Waals surface area contributed by atoms with Crippen LogP contribution in [0.1, 0.15) is 46.5 Å². The summed E-state index contributed by atoms with van der Waals surface area (Å²) in [5, 5.41) is 4.07. The van der Waals surface area contributed by atoms with Crippen molar-refractivity contribution in [2.24, 2.45) is 0 Å². The molecule has 0 bridgehead atoms. The quantitative estimate of drug-likeness (QED) is 0.672. The Morgan fingerprint density at radius 3 is 2.90 bits per heavy atom. The van der Waals surface area contributed by atoms with Gasteiger partial charge in [-0.05, 0) is 32.0 Å². The minimum absolute atomic E-state index is 0.122. The molecule has 150 valence electrons. The van der Waals surface area contributed by atoms with E-state index in [2.05, 4.69) is 15.1 Å². The van der Waals surface area contributed by atoms with Gasteiger partial charge in [-0.3, -0.25) is 4.79 Å². The van der Waals surface area contributed by atoms with Gasteiger partial charge >= 0.3 is 0 Å². The van der Waals surface area contributed by atoms with E-state index in [-0.39, 0.29) is 12.0 Å². The molecule has 0 spiro atoms. The van der Waals surface area contributed by atoms with Crippen LogP contribution in [0.15, 0.2) is 35.0 Å². The zero-order chi connectivity index (χ0) is 20.4. The van der Waals surface area contributed by atoms with Crippen LogP contribution in [0, 0.1) is 13.8 Å². The van der Waals surface area contributed by atoms with E-state index in [4.69, 9.17) is 14.2 Å². The molecule has 3 aromatic heterocycles. The van der Waals surface area contributed by atoms with Crippen molar-refractivity contribution >= 4 is 5.91 Å². The third-order valence-electron chi connectivity index (χ3n) is 4.96. The fourth-order valence-electron chi connectivity index (χ4n) is 3.51. The second-order valence-electron chi connectivity index (χ2n) is 6.97. The summed E-state index contributed by atoms with van der Waals surface area (Å²) >= 11 is 0. The molecule has 4 rings (SSSR count). The molecule has 29 heavy (non-hydrogen) atoms. The molecule has 4 heterocycles. The Kier molecular flexibility index (Phi) is 5.35. The molecule has 1 amide bonds. The van der Waals surface area contributed by atoms with E-state index in [1.165, 1.54) is 0 Å². The van der Waals surface area contributed by atoms with Gasteiger partial charge in [-0.2, -0.15) is 0 Å². The number of hydrogen-bond acceptors (Lipinski definition) is 7. The summed E-state index contributed by atoms with van der Waals surface area (Å²) in [6, 6.07) is 7.45. The first-order valence-corrected chi connectivity index (χ1v) is 9.69. The molecule has 1 saturated heterocycles. The Bertz CT molecular complexity index is 1030. The zero-order valence-corrected chi connectivity index (χ0v) is 16.8. The number of pyridine rings is 1. The number of ether oxygens (including phenoxy) is 1. The highest BCUT2D eigenvalue weighted by atomic mass is 16.5. The predicted molar refractivity (Wildman–Crippen MR) is 105 cm³/mol. The molecule has 8 nitrogen and oxygen atoms in total. The molecular weight excluding hydrogens is 370 g/mol. The molecular formula is C21H23N5O3. The lowest BCUT2D eigenvalue weighted by Crippen LogP contribution is -2.42. The first-order valence-electron chi connectivity index (χ1n) is 9.69. The maximum absolute atomic E-state index is 12.8. The number of hydrogen-bond donors (Lipinski definition) is 0. The molecule has 0 radical (unpaired) electrons. The third kappa shape index (κ3) is 3.88. The van der Waals surface area contributed by atoms with Crippen LogP contribution in [0.2, 0.25) is 0 Å². The predicted octanol–water partition coefficient (Wildman–Crippen LogP) is 2.92. The second-order valence-corrected chi connectivity index (χ2v) is 6.97. The number of carbonyl (C=O) groups is 1. The highest BCUT2D eigenvalue weighted by Gasteiger charge is 2.28. The highest BCUT2D eigenvalue weighted by Crippen LogP contribution is 2.29. The molecule has 1 aliphatic heterocycles. The van der Waals surface area contributed by atoms with E-state index in [9.17, 15) is 4.79 Å². The third-order valence-corrected chi connectivity index (χ3v) is 4.96. The lowest BCUT2D eigenvalue weighted by molar-refractivity contribution is -0.0248. The van der Waals surface area contributed by atoms with Gasteiger partial charge in [0.25, 0.3) is 5.91 Å². The molecule has 0 N–H and O–H groups in total. The molecule has 3 aromatic rings. The van der Waals surface area contributed by atoms with Crippen LogP contribution in [-0.2, 0) is 11.2 Å². The normalized spacial score (nSPS) is 16.8. The lowest BCUT2D eigenvalue weighted by atomic mass is 10.1. The molecule has 1 fully saturated rings. The van der Waals surface area contributed by atoms with E-state index in [0.29, 0.717) is 31.2 Å². The van der Waals surface area contributed by atoms with Gasteiger partial charge in [0, 0.05) is 19.2 Å². The Hall–Kier alpha value is -3.13. The van der Waals surface area contributed by atoms with Gasteiger partial charge < -0.3 is 14.2 Å². The smallest absolute Gasteiger partial charge is 0.272 e. The molecule has 0 saturated carbocycles. The van der Waals surface area contributed by atoms with Gasteiger partial charge in [0.2, 0.25) is 0 Å². The molecule has 0 aromatic carbocycles. The van der Waals surface area contributed by atoms with Crippen molar-refractivity contribution in [3.05, 3.63) is 59.1 Å². The highest BCUT2D eigenvalue weighted by molar-refractivity contribution is 5.92. The summed E-state index contributed by atoms with van der Waals surface area (Å²) in [6.07, 6.45) is 2.04. The molecule has 1 aliphatic rings. The summed E-state index contributed by atoms with van der Waals surface area (Å²) < 4.78 is 11.3. The Morgan fingerprint density at radius 2 is 2.10 bits per heavy atom. The topological polar surface area (TPSA) is 94.2 Å². The largest absolute Gasteiger partial charge is 0.368 e. The van der Waals surface area contributed by atoms with E-state index in [1.54, 1.807) is 24.1 Å². The average Bonchev–Trinajstić information content (AvgIpc) is 3.14. The first-order chi connectivity index (χ1) is 14.1. The van der Waals surface area contributed by atoms with Crippen molar-refractivity contribution in [3.8, 4) is 11.3 Å². The van der Waals surface area contributed by atoms with Gasteiger partial charge in [0.15, 0.2) is 0 Å². The Morgan fingerprint density at radius 1 is 1.24 bits per heavy atom. The van der Waals surface area contributed by atoms with E-state index in [0.717, 1.165) is 34.8 Å². The second kappa shape index (κ2) is 8.08. The van der Waals surface area contributed by atoms with E-state index in [1.807, 2.05) is 32.0 Å². The summed E-state index contributed by atoms with van der Waals surface area (Å²) in [6.45, 7) is 7.08. The number of aryl methyl sites for hydroxylation is 3. The van der Waals surface area contributed by atoms with E-state index >= 15 is 0 Å². The average molecular weight is 393 g/mol. The van der Waals surface area contributed by atoms with Crippen LogP contribution in [0.3, 0.4) is 0 Å². The molecule has 8 heteroatoms. The number of rotatable bonds is 4. The van der Waals surface area contributed by atoms with E-state index < -0.39 is 0 Å². The minimum atomic E-state index is -0.305. The van der Waals surface area contributed by atoms with Crippen molar-refractivity contribution in [2.45, 2.75) is 33.3 Å². The number of amides is 1. The van der Waals surface area contributed by atoms with Gasteiger partial charge in [0.1, 0.15) is 23.4 Å². The van der Waals surface area contributed by atoms with Crippen LogP contribution in [0.5, 0.6) is 0 Å². The van der Waals surface area contributed by atoms with Crippen LogP contribution in [-0.4, -0.2) is 50.6 Å². The van der Waals surface area contributed by atoms with Crippen LogP contribution in [0.4, 0.5) is 0 Å². The maximum Gasteiger partial charge on any atom is 0.272 e. The van der Waals surface area contributed by atoms with Crippen molar-refractivity contribution < 1.29 is 14.1 Å². The van der Waals surface area contributed by atoms with Crippen molar-refractivity contribution in [2.75, 3.05) is 19.7 Å². The maximum atomic E-state index is 12.8. The summed E-state index contributed by atoms with van der Waals surface area (Å²) in [5.41, 5.74) is 3.71. The van der Waals surface area contributed by atoms with Crippen molar-refractivity contribution in [1.29, 1.82) is 0 Å². The monoisotopic (exact) mass is 393 g/mol. The zero-order valence-electron chi connectivity index (χ0n) is 16.8. The molecule has 0 unspecified atom stereocenters. The van der Waals surface area contributed by atoms with Crippen LogP contribution >= 0.6 is 0 Å². The van der Waals surface area contributed by atoms with Gasteiger partial charge in [-0.25, -0.2) is 15.0 Å². The summed E-state index contributed by atoms with van der Waals surface area (Å²) in [7, 11) is 0. The van der Waals surface area contributed by atoms with Gasteiger partial charge in [0.05, 0.1) is 35.8 Å². The number of morpholine rings is 1. The van der Waals surface area contributed by atoms with Crippen molar-refractivity contribution in [1.82, 2.24) is 25.0 Å². The molecule has 0 aliphatic carbocycles. The number of nitrogens with zero attached hydrogens (tertiary/aromatic N) is 5. The lowest BCUT2D eigenvalue weighted by Gasteiger charge is -2.32. The Labute approximate surface area is 168 Å². The Balaban J connectivity index is 1.57.